The summed E-state index contributed by atoms with van der Waals surface area (Å²) in [5.41, 5.74) is 0.295. The molecular weight excluding hydrogens is 270 g/mol. The summed E-state index contributed by atoms with van der Waals surface area (Å²) in [5, 5.41) is 13.6. The molecule has 0 aliphatic carbocycles. The van der Waals surface area contributed by atoms with Gasteiger partial charge in [-0.3, -0.25) is 4.79 Å². The molecule has 1 N–H and O–H groups in total. The van der Waals surface area contributed by atoms with Gasteiger partial charge in [0.1, 0.15) is 0 Å². The SMILES string of the molecule is Cc1nc(-c2cccc(C(=O)N(C)CC(C)(C)O)c2)no1. The third kappa shape index (κ3) is 3.88. The van der Waals surface area contributed by atoms with Crippen molar-refractivity contribution in [3.8, 4) is 11.4 Å². The molecule has 1 amide bonds. The van der Waals surface area contributed by atoms with Crippen LogP contribution in [0, 0.1) is 6.92 Å². The summed E-state index contributed by atoms with van der Waals surface area (Å²) in [4.78, 5) is 18.0. The first-order chi connectivity index (χ1) is 9.76. The van der Waals surface area contributed by atoms with Gasteiger partial charge in [-0.15, -0.1) is 0 Å². The Bertz CT molecular complexity index is 644. The predicted molar refractivity (Wildman–Crippen MR) is 77.7 cm³/mol. The summed E-state index contributed by atoms with van der Waals surface area (Å²) in [6, 6.07) is 7.02. The maximum atomic E-state index is 12.4. The molecule has 0 aliphatic rings. The van der Waals surface area contributed by atoms with Crippen molar-refractivity contribution in [1.82, 2.24) is 15.0 Å². The minimum atomic E-state index is -0.938. The third-order valence-electron chi connectivity index (χ3n) is 2.87. The lowest BCUT2D eigenvalue weighted by Gasteiger charge is -2.25. The average Bonchev–Trinajstić information content (AvgIpc) is 2.83. The molecule has 0 fully saturated rings. The lowest BCUT2D eigenvalue weighted by Crippen LogP contribution is -2.39. The summed E-state index contributed by atoms with van der Waals surface area (Å²) in [6.07, 6.45) is 0. The Morgan fingerprint density at radius 1 is 1.43 bits per heavy atom. The molecule has 1 aromatic heterocycles. The molecule has 0 spiro atoms. The van der Waals surface area contributed by atoms with Crippen molar-refractivity contribution in [2.24, 2.45) is 0 Å². The number of aromatic nitrogens is 2. The molecule has 21 heavy (non-hydrogen) atoms. The summed E-state index contributed by atoms with van der Waals surface area (Å²) < 4.78 is 4.94. The number of amides is 1. The van der Waals surface area contributed by atoms with Gasteiger partial charge in [-0.1, -0.05) is 17.3 Å². The molecule has 0 aliphatic heterocycles. The highest BCUT2D eigenvalue weighted by Gasteiger charge is 2.20. The van der Waals surface area contributed by atoms with Gasteiger partial charge in [0.25, 0.3) is 5.91 Å². The third-order valence-corrected chi connectivity index (χ3v) is 2.87. The van der Waals surface area contributed by atoms with Crippen molar-refractivity contribution >= 4 is 5.91 Å². The molecule has 6 heteroatoms. The number of likely N-dealkylation sites (N-methyl/N-ethyl adjacent to an activating group) is 1. The zero-order valence-electron chi connectivity index (χ0n) is 12.6. The van der Waals surface area contributed by atoms with Crippen LogP contribution in [0.4, 0.5) is 0 Å². The molecule has 0 unspecified atom stereocenters. The van der Waals surface area contributed by atoms with Gasteiger partial charge in [-0.2, -0.15) is 4.98 Å². The number of rotatable bonds is 4. The van der Waals surface area contributed by atoms with E-state index in [2.05, 4.69) is 10.1 Å². The Morgan fingerprint density at radius 2 is 2.14 bits per heavy atom. The first-order valence-electron chi connectivity index (χ1n) is 6.65. The van der Waals surface area contributed by atoms with Crippen molar-refractivity contribution in [3.63, 3.8) is 0 Å². The van der Waals surface area contributed by atoms with E-state index >= 15 is 0 Å². The Hall–Kier alpha value is -2.21. The second kappa shape index (κ2) is 5.65. The first kappa shape index (κ1) is 15.2. The zero-order chi connectivity index (χ0) is 15.6. The number of aliphatic hydroxyl groups is 1. The number of carbonyl (C=O) groups is 1. The largest absolute Gasteiger partial charge is 0.389 e. The molecule has 0 saturated heterocycles. The normalized spacial score (nSPS) is 11.5. The van der Waals surface area contributed by atoms with Crippen molar-refractivity contribution in [2.75, 3.05) is 13.6 Å². The number of aryl methyl sites for hydroxylation is 1. The first-order valence-corrected chi connectivity index (χ1v) is 6.65. The van der Waals surface area contributed by atoms with Gasteiger partial charge in [0, 0.05) is 31.6 Å². The molecule has 1 aromatic carbocycles. The van der Waals surface area contributed by atoms with E-state index in [0.29, 0.717) is 22.8 Å². The minimum absolute atomic E-state index is 0.167. The fourth-order valence-electron chi connectivity index (χ4n) is 2.08. The van der Waals surface area contributed by atoms with Crippen LogP contribution in [0.2, 0.25) is 0 Å². The zero-order valence-corrected chi connectivity index (χ0v) is 12.6. The van der Waals surface area contributed by atoms with Crippen LogP contribution in [-0.4, -0.2) is 45.2 Å². The number of hydrogen-bond acceptors (Lipinski definition) is 5. The molecule has 0 atom stereocenters. The lowest BCUT2D eigenvalue weighted by molar-refractivity contribution is 0.0368. The Kier molecular flexibility index (Phi) is 4.09. The van der Waals surface area contributed by atoms with Crippen LogP contribution in [0.3, 0.4) is 0 Å². The predicted octanol–water partition coefficient (Wildman–Crippen LogP) is 1.89. The minimum Gasteiger partial charge on any atom is -0.389 e. The smallest absolute Gasteiger partial charge is 0.253 e. The Balaban J connectivity index is 2.23. The van der Waals surface area contributed by atoms with Gasteiger partial charge in [0.2, 0.25) is 11.7 Å². The molecule has 2 rings (SSSR count). The van der Waals surface area contributed by atoms with E-state index in [1.54, 1.807) is 46.0 Å². The van der Waals surface area contributed by atoms with Crippen molar-refractivity contribution in [2.45, 2.75) is 26.4 Å². The standard InChI is InChI=1S/C15H19N3O3/c1-10-16-13(17-21-10)11-6-5-7-12(8-11)14(19)18(4)9-15(2,3)20/h5-8,20H,9H2,1-4H3. The van der Waals surface area contributed by atoms with E-state index in [0.717, 1.165) is 0 Å². The van der Waals surface area contributed by atoms with E-state index in [4.69, 9.17) is 4.52 Å². The quantitative estimate of drug-likeness (QED) is 0.929. The number of nitrogens with zero attached hydrogens (tertiary/aromatic N) is 3. The molecule has 6 nitrogen and oxygen atoms in total. The average molecular weight is 289 g/mol. The molecular formula is C15H19N3O3. The van der Waals surface area contributed by atoms with Crippen LogP contribution in [0.25, 0.3) is 11.4 Å². The monoisotopic (exact) mass is 289 g/mol. The molecule has 0 radical (unpaired) electrons. The van der Waals surface area contributed by atoms with Gasteiger partial charge in [-0.25, -0.2) is 0 Å². The second-order valence-corrected chi connectivity index (χ2v) is 5.69. The maximum absolute atomic E-state index is 12.4. The van der Waals surface area contributed by atoms with Crippen LogP contribution in [0.15, 0.2) is 28.8 Å². The van der Waals surface area contributed by atoms with Gasteiger partial charge in [-0.05, 0) is 26.0 Å². The maximum Gasteiger partial charge on any atom is 0.253 e. The van der Waals surface area contributed by atoms with Crippen molar-refractivity contribution in [1.29, 1.82) is 0 Å². The fraction of sp³-hybridized carbons (Fsp3) is 0.400. The van der Waals surface area contributed by atoms with Crippen LogP contribution < -0.4 is 0 Å². The second-order valence-electron chi connectivity index (χ2n) is 5.69. The van der Waals surface area contributed by atoms with Gasteiger partial charge < -0.3 is 14.5 Å². The fourth-order valence-corrected chi connectivity index (χ4v) is 2.08. The summed E-state index contributed by atoms with van der Waals surface area (Å²) in [7, 11) is 1.66. The lowest BCUT2D eigenvalue weighted by atomic mass is 10.1. The van der Waals surface area contributed by atoms with Crippen molar-refractivity contribution in [3.05, 3.63) is 35.7 Å². The van der Waals surface area contributed by atoms with E-state index in [1.165, 1.54) is 4.90 Å². The highest BCUT2D eigenvalue weighted by atomic mass is 16.5. The van der Waals surface area contributed by atoms with E-state index in [9.17, 15) is 9.90 Å². The van der Waals surface area contributed by atoms with Crippen LogP contribution >= 0.6 is 0 Å². The molecule has 1 heterocycles. The Morgan fingerprint density at radius 3 is 2.71 bits per heavy atom. The summed E-state index contributed by atoms with van der Waals surface area (Å²) in [6.45, 7) is 5.28. The highest BCUT2D eigenvalue weighted by Crippen LogP contribution is 2.18. The number of carbonyl (C=O) groups excluding carboxylic acids is 1. The van der Waals surface area contributed by atoms with E-state index in [-0.39, 0.29) is 12.5 Å². The van der Waals surface area contributed by atoms with Gasteiger partial charge >= 0.3 is 0 Å². The molecule has 2 aromatic rings. The highest BCUT2D eigenvalue weighted by molar-refractivity contribution is 5.95. The van der Waals surface area contributed by atoms with Crippen LogP contribution in [0.1, 0.15) is 30.1 Å². The van der Waals surface area contributed by atoms with E-state index in [1.807, 2.05) is 6.07 Å². The van der Waals surface area contributed by atoms with Gasteiger partial charge in [0.05, 0.1) is 5.60 Å². The number of hydrogen-bond donors (Lipinski definition) is 1. The van der Waals surface area contributed by atoms with Crippen LogP contribution in [-0.2, 0) is 0 Å². The topological polar surface area (TPSA) is 79.5 Å². The molecule has 0 bridgehead atoms. The molecule has 112 valence electrons. The van der Waals surface area contributed by atoms with E-state index < -0.39 is 5.60 Å². The molecule has 0 saturated carbocycles. The van der Waals surface area contributed by atoms with Crippen LogP contribution in [0.5, 0.6) is 0 Å². The summed E-state index contributed by atoms with van der Waals surface area (Å²) in [5.74, 6) is 0.757. The Labute approximate surface area is 123 Å². The van der Waals surface area contributed by atoms with Crippen molar-refractivity contribution < 1.29 is 14.4 Å². The number of benzene rings is 1. The summed E-state index contributed by atoms with van der Waals surface area (Å²) >= 11 is 0. The van der Waals surface area contributed by atoms with Gasteiger partial charge in [0.15, 0.2) is 0 Å².